The standard InChI is InChI=1S/C17H18N2O5/c1-3-10-24-17(21)14-7-5-13(6-8-14)11-18-12(2)4-9-15(16(18)20)19(22)23/h4-9H,3,10-11H2,1-2H3. The fraction of sp³-hybridized carbons (Fsp3) is 0.294. The quantitative estimate of drug-likeness (QED) is 0.461. The summed E-state index contributed by atoms with van der Waals surface area (Å²) in [6, 6.07) is 9.38. The molecule has 0 N–H and O–H groups in total. The number of benzene rings is 1. The van der Waals surface area contributed by atoms with Crippen molar-refractivity contribution in [2.75, 3.05) is 6.61 Å². The summed E-state index contributed by atoms with van der Waals surface area (Å²) in [5, 5.41) is 10.9. The maximum absolute atomic E-state index is 12.2. The Kier molecular flexibility index (Phi) is 5.47. The summed E-state index contributed by atoms with van der Waals surface area (Å²) in [4.78, 5) is 34.1. The lowest BCUT2D eigenvalue weighted by Gasteiger charge is -2.10. The lowest BCUT2D eigenvalue weighted by atomic mass is 10.1. The molecule has 0 aliphatic rings. The highest BCUT2D eigenvalue weighted by molar-refractivity contribution is 5.89. The molecule has 0 aliphatic carbocycles. The van der Waals surface area contributed by atoms with E-state index >= 15 is 0 Å². The van der Waals surface area contributed by atoms with Gasteiger partial charge in [0.25, 0.3) is 0 Å². The molecule has 0 aliphatic heterocycles. The molecule has 0 saturated heterocycles. The van der Waals surface area contributed by atoms with Crippen molar-refractivity contribution in [3.63, 3.8) is 0 Å². The van der Waals surface area contributed by atoms with E-state index in [2.05, 4.69) is 0 Å². The van der Waals surface area contributed by atoms with E-state index in [0.717, 1.165) is 12.0 Å². The third-order valence-corrected chi connectivity index (χ3v) is 3.54. The van der Waals surface area contributed by atoms with Crippen LogP contribution in [-0.2, 0) is 11.3 Å². The third-order valence-electron chi connectivity index (χ3n) is 3.54. The van der Waals surface area contributed by atoms with Crippen LogP contribution < -0.4 is 5.56 Å². The third kappa shape index (κ3) is 3.87. The number of nitro groups is 1. The number of esters is 1. The van der Waals surface area contributed by atoms with Gasteiger partial charge in [-0.05, 0) is 37.1 Å². The summed E-state index contributed by atoms with van der Waals surface area (Å²) in [5.74, 6) is -0.396. The average molecular weight is 330 g/mol. The molecule has 0 amide bonds. The summed E-state index contributed by atoms with van der Waals surface area (Å²) in [6.07, 6.45) is 0.749. The number of hydrogen-bond donors (Lipinski definition) is 0. The minimum absolute atomic E-state index is 0.191. The molecule has 126 valence electrons. The molecule has 1 heterocycles. The second kappa shape index (κ2) is 7.54. The van der Waals surface area contributed by atoms with E-state index in [1.54, 1.807) is 31.2 Å². The summed E-state index contributed by atoms with van der Waals surface area (Å²) >= 11 is 0. The van der Waals surface area contributed by atoms with Gasteiger partial charge < -0.3 is 9.30 Å². The topological polar surface area (TPSA) is 91.4 Å². The van der Waals surface area contributed by atoms with Gasteiger partial charge in [0.1, 0.15) is 0 Å². The molecule has 0 atom stereocenters. The van der Waals surface area contributed by atoms with Crippen molar-refractivity contribution >= 4 is 11.7 Å². The van der Waals surface area contributed by atoms with Crippen LogP contribution in [0.4, 0.5) is 5.69 Å². The first-order chi connectivity index (χ1) is 11.4. The number of aromatic nitrogens is 1. The van der Waals surface area contributed by atoms with Crippen molar-refractivity contribution in [2.45, 2.75) is 26.8 Å². The first kappa shape index (κ1) is 17.4. The van der Waals surface area contributed by atoms with E-state index in [-0.39, 0.29) is 6.54 Å². The summed E-state index contributed by atoms with van der Waals surface area (Å²) in [6.45, 7) is 4.18. The van der Waals surface area contributed by atoms with Gasteiger partial charge in [-0.2, -0.15) is 0 Å². The van der Waals surface area contributed by atoms with Crippen LogP contribution in [0.1, 0.15) is 35.0 Å². The predicted octanol–water partition coefficient (Wildman–Crippen LogP) is 2.68. The SMILES string of the molecule is CCCOC(=O)c1ccc(Cn2c(C)ccc([N+](=O)[O-])c2=O)cc1. The zero-order valence-electron chi connectivity index (χ0n) is 13.5. The molecule has 7 nitrogen and oxygen atoms in total. The van der Waals surface area contributed by atoms with Gasteiger partial charge in [0.2, 0.25) is 0 Å². The molecule has 7 heteroatoms. The second-order valence-electron chi connectivity index (χ2n) is 5.34. The summed E-state index contributed by atoms with van der Waals surface area (Å²) < 4.78 is 6.38. The zero-order chi connectivity index (χ0) is 17.7. The van der Waals surface area contributed by atoms with E-state index in [4.69, 9.17) is 4.74 Å². The Hall–Kier alpha value is -2.96. The largest absolute Gasteiger partial charge is 0.462 e. The van der Waals surface area contributed by atoms with E-state index in [9.17, 15) is 19.7 Å². The Bertz CT molecular complexity index is 809. The fourth-order valence-corrected chi connectivity index (χ4v) is 2.20. The van der Waals surface area contributed by atoms with Crippen LogP contribution in [0.2, 0.25) is 0 Å². The molecule has 0 unspecified atom stereocenters. The number of nitrogens with zero attached hydrogens (tertiary/aromatic N) is 2. The molecule has 1 aromatic carbocycles. The van der Waals surface area contributed by atoms with Crippen molar-refractivity contribution in [1.29, 1.82) is 0 Å². The van der Waals surface area contributed by atoms with Crippen LogP contribution in [-0.4, -0.2) is 22.1 Å². The van der Waals surface area contributed by atoms with Crippen LogP contribution in [0.5, 0.6) is 0 Å². The fourth-order valence-electron chi connectivity index (χ4n) is 2.20. The number of ether oxygens (including phenoxy) is 1. The number of carbonyl (C=O) groups is 1. The second-order valence-corrected chi connectivity index (χ2v) is 5.34. The minimum atomic E-state index is -0.689. The highest BCUT2D eigenvalue weighted by Gasteiger charge is 2.16. The molecule has 0 radical (unpaired) electrons. The number of pyridine rings is 1. The van der Waals surface area contributed by atoms with Gasteiger partial charge >= 0.3 is 17.2 Å². The molecule has 2 rings (SSSR count). The molecule has 0 fully saturated rings. The van der Waals surface area contributed by atoms with Crippen molar-refractivity contribution in [2.24, 2.45) is 0 Å². The Labute approximate surface area is 138 Å². The summed E-state index contributed by atoms with van der Waals surface area (Å²) in [5.41, 5.74) is 0.701. The van der Waals surface area contributed by atoms with Crippen LogP contribution in [0.25, 0.3) is 0 Å². The molecular weight excluding hydrogens is 312 g/mol. The molecule has 2 aromatic rings. The Morgan fingerprint density at radius 2 is 1.88 bits per heavy atom. The molecule has 1 aromatic heterocycles. The van der Waals surface area contributed by atoms with E-state index in [1.165, 1.54) is 16.7 Å². The van der Waals surface area contributed by atoms with Gasteiger partial charge in [0.05, 0.1) is 23.6 Å². The van der Waals surface area contributed by atoms with Gasteiger partial charge in [-0.3, -0.25) is 14.9 Å². The maximum atomic E-state index is 12.2. The van der Waals surface area contributed by atoms with Gasteiger partial charge in [0.15, 0.2) is 0 Å². The van der Waals surface area contributed by atoms with Crippen LogP contribution >= 0.6 is 0 Å². The van der Waals surface area contributed by atoms with Crippen LogP contribution in [0.3, 0.4) is 0 Å². The lowest BCUT2D eigenvalue weighted by molar-refractivity contribution is -0.386. The van der Waals surface area contributed by atoms with Crippen molar-refractivity contribution < 1.29 is 14.5 Å². The van der Waals surface area contributed by atoms with Crippen molar-refractivity contribution in [1.82, 2.24) is 4.57 Å². The first-order valence-electron chi connectivity index (χ1n) is 7.55. The van der Waals surface area contributed by atoms with E-state index in [1.807, 2.05) is 6.92 Å². The van der Waals surface area contributed by atoms with Gasteiger partial charge in [0, 0.05) is 11.8 Å². The highest BCUT2D eigenvalue weighted by Crippen LogP contribution is 2.11. The summed E-state index contributed by atoms with van der Waals surface area (Å²) in [7, 11) is 0. The van der Waals surface area contributed by atoms with Gasteiger partial charge in [-0.15, -0.1) is 0 Å². The predicted molar refractivity (Wildman–Crippen MR) is 88.2 cm³/mol. The molecule has 0 saturated carbocycles. The van der Waals surface area contributed by atoms with E-state index < -0.39 is 22.1 Å². The Morgan fingerprint density at radius 1 is 1.21 bits per heavy atom. The zero-order valence-corrected chi connectivity index (χ0v) is 13.5. The van der Waals surface area contributed by atoms with Gasteiger partial charge in [-0.25, -0.2) is 4.79 Å². The van der Waals surface area contributed by atoms with Gasteiger partial charge in [-0.1, -0.05) is 19.1 Å². The Balaban J connectivity index is 2.23. The average Bonchev–Trinajstić information content (AvgIpc) is 2.56. The lowest BCUT2D eigenvalue weighted by Crippen LogP contribution is -2.24. The molecule has 24 heavy (non-hydrogen) atoms. The van der Waals surface area contributed by atoms with Crippen molar-refractivity contribution in [3.05, 3.63) is 73.7 Å². The van der Waals surface area contributed by atoms with Crippen LogP contribution in [0.15, 0.2) is 41.2 Å². The monoisotopic (exact) mass is 330 g/mol. The van der Waals surface area contributed by atoms with E-state index in [0.29, 0.717) is 17.9 Å². The molecule has 0 bridgehead atoms. The molecular formula is C17H18N2O5. The number of hydrogen-bond acceptors (Lipinski definition) is 5. The normalized spacial score (nSPS) is 10.4. The number of aryl methyl sites for hydroxylation is 1. The first-order valence-corrected chi connectivity index (χ1v) is 7.55. The number of carbonyl (C=O) groups excluding carboxylic acids is 1. The Morgan fingerprint density at radius 3 is 2.46 bits per heavy atom. The highest BCUT2D eigenvalue weighted by atomic mass is 16.6. The van der Waals surface area contributed by atoms with Crippen LogP contribution in [0, 0.1) is 17.0 Å². The van der Waals surface area contributed by atoms with Crippen molar-refractivity contribution in [3.8, 4) is 0 Å². The minimum Gasteiger partial charge on any atom is -0.462 e. The smallest absolute Gasteiger partial charge is 0.338 e. The maximum Gasteiger partial charge on any atom is 0.338 e. The number of rotatable bonds is 6. The molecule has 0 spiro atoms.